The molecule has 1 N–H and O–H groups in total. The van der Waals surface area contributed by atoms with Crippen molar-refractivity contribution >= 4 is 6.09 Å². The fraction of sp³-hybridized carbons (Fsp3) is 0.947. The summed E-state index contributed by atoms with van der Waals surface area (Å²) < 4.78 is 5.53. The molecule has 2 aliphatic rings. The van der Waals surface area contributed by atoms with Crippen molar-refractivity contribution < 1.29 is 9.53 Å². The zero-order valence-electron chi connectivity index (χ0n) is 15.7. The molecule has 0 aromatic carbocycles. The second kappa shape index (κ2) is 7.87. The van der Waals surface area contributed by atoms with Crippen molar-refractivity contribution in [3.05, 3.63) is 0 Å². The van der Waals surface area contributed by atoms with Crippen molar-refractivity contribution in [1.29, 1.82) is 0 Å². The molecule has 0 spiro atoms. The Morgan fingerprint density at radius 1 is 1.04 bits per heavy atom. The van der Waals surface area contributed by atoms with Crippen molar-refractivity contribution in [2.75, 3.05) is 6.54 Å². The molecule has 0 radical (unpaired) electrons. The molecule has 4 atom stereocenters. The molecule has 1 amide bonds. The Labute approximate surface area is 142 Å². The lowest BCUT2D eigenvalue weighted by Crippen LogP contribution is -2.52. The molecule has 4 heteroatoms. The van der Waals surface area contributed by atoms with Crippen LogP contribution < -0.4 is 5.32 Å². The monoisotopic (exact) mass is 324 g/mol. The molecule has 4 nitrogen and oxygen atoms in total. The zero-order valence-corrected chi connectivity index (χ0v) is 15.7. The number of ether oxygens (including phenoxy) is 1. The summed E-state index contributed by atoms with van der Waals surface area (Å²) in [5.74, 6) is 0.884. The fourth-order valence-corrected chi connectivity index (χ4v) is 3.90. The first-order chi connectivity index (χ1) is 10.7. The second-order valence-corrected chi connectivity index (χ2v) is 8.72. The molecule has 4 unspecified atom stereocenters. The van der Waals surface area contributed by atoms with E-state index in [4.69, 9.17) is 4.74 Å². The number of hydrogen-bond acceptors (Lipinski definition) is 3. The van der Waals surface area contributed by atoms with Crippen LogP contribution in [0.4, 0.5) is 4.79 Å². The van der Waals surface area contributed by atoms with Crippen molar-refractivity contribution in [3.8, 4) is 0 Å². The third-order valence-corrected chi connectivity index (χ3v) is 5.23. The van der Waals surface area contributed by atoms with Crippen LogP contribution in [-0.2, 0) is 4.74 Å². The molecule has 1 aliphatic heterocycles. The molecular weight excluding hydrogens is 288 g/mol. The van der Waals surface area contributed by atoms with Crippen molar-refractivity contribution in [2.24, 2.45) is 5.92 Å². The van der Waals surface area contributed by atoms with Crippen molar-refractivity contribution in [2.45, 2.75) is 103 Å². The van der Waals surface area contributed by atoms with Gasteiger partial charge in [0.1, 0.15) is 5.60 Å². The van der Waals surface area contributed by atoms with E-state index in [-0.39, 0.29) is 12.1 Å². The van der Waals surface area contributed by atoms with Crippen LogP contribution in [0.15, 0.2) is 0 Å². The van der Waals surface area contributed by atoms with Gasteiger partial charge in [0.05, 0.1) is 0 Å². The van der Waals surface area contributed by atoms with Gasteiger partial charge in [-0.3, -0.25) is 0 Å². The Morgan fingerprint density at radius 3 is 2.43 bits per heavy atom. The van der Waals surface area contributed by atoms with E-state index in [1.807, 2.05) is 25.7 Å². The van der Waals surface area contributed by atoms with E-state index in [2.05, 4.69) is 19.2 Å². The van der Waals surface area contributed by atoms with Crippen molar-refractivity contribution in [3.63, 3.8) is 0 Å². The van der Waals surface area contributed by atoms with Crippen LogP contribution in [0.2, 0.25) is 0 Å². The van der Waals surface area contributed by atoms with Crippen LogP contribution in [0, 0.1) is 5.92 Å². The fourth-order valence-electron chi connectivity index (χ4n) is 3.90. The number of nitrogens with zero attached hydrogens (tertiary/aromatic N) is 1. The van der Waals surface area contributed by atoms with E-state index in [1.54, 1.807) is 0 Å². The van der Waals surface area contributed by atoms with E-state index >= 15 is 0 Å². The minimum atomic E-state index is -0.414. The number of rotatable bonds is 2. The Hall–Kier alpha value is -0.770. The van der Waals surface area contributed by atoms with Gasteiger partial charge in [-0.25, -0.2) is 4.79 Å². The predicted octanol–water partition coefficient (Wildman–Crippen LogP) is 4.33. The largest absolute Gasteiger partial charge is 0.444 e. The normalized spacial score (nSPS) is 33.2. The molecular formula is C19H36N2O2. The van der Waals surface area contributed by atoms with Gasteiger partial charge >= 0.3 is 6.09 Å². The highest BCUT2D eigenvalue weighted by molar-refractivity contribution is 5.68. The van der Waals surface area contributed by atoms with E-state index < -0.39 is 5.60 Å². The van der Waals surface area contributed by atoms with Crippen LogP contribution in [0.3, 0.4) is 0 Å². The highest BCUT2D eigenvalue weighted by Crippen LogP contribution is 2.25. The standard InChI is InChI=1S/C19H36N2O2/c1-14-7-6-8-16(10-9-14)20-17-11-12-21(15(2)13-17)18(22)23-19(3,4)5/h14-17,20H,6-13H2,1-5H3. The van der Waals surface area contributed by atoms with Crippen LogP contribution in [0.25, 0.3) is 0 Å². The maximum Gasteiger partial charge on any atom is 0.410 e. The molecule has 1 saturated heterocycles. The summed E-state index contributed by atoms with van der Waals surface area (Å²) in [5.41, 5.74) is -0.414. The number of nitrogens with one attached hydrogen (secondary N) is 1. The quantitative estimate of drug-likeness (QED) is 0.769. The first kappa shape index (κ1) is 18.6. The molecule has 1 aliphatic carbocycles. The first-order valence-corrected chi connectivity index (χ1v) is 9.50. The minimum Gasteiger partial charge on any atom is -0.444 e. The zero-order chi connectivity index (χ0) is 17.0. The average Bonchev–Trinajstić information content (AvgIpc) is 2.62. The van der Waals surface area contributed by atoms with Crippen LogP contribution >= 0.6 is 0 Å². The lowest BCUT2D eigenvalue weighted by molar-refractivity contribution is 0.00892. The van der Waals surface area contributed by atoms with Crippen LogP contribution in [0.5, 0.6) is 0 Å². The van der Waals surface area contributed by atoms with E-state index in [0.29, 0.717) is 12.1 Å². The third kappa shape index (κ3) is 5.98. The van der Waals surface area contributed by atoms with E-state index in [9.17, 15) is 4.79 Å². The smallest absolute Gasteiger partial charge is 0.410 e. The lowest BCUT2D eigenvalue weighted by atomic mass is 9.96. The van der Waals surface area contributed by atoms with Gasteiger partial charge in [0.25, 0.3) is 0 Å². The summed E-state index contributed by atoms with van der Waals surface area (Å²) >= 11 is 0. The summed E-state index contributed by atoms with van der Waals surface area (Å²) in [7, 11) is 0. The van der Waals surface area contributed by atoms with Gasteiger partial charge in [-0.2, -0.15) is 0 Å². The molecule has 2 fully saturated rings. The Morgan fingerprint density at radius 2 is 1.78 bits per heavy atom. The average molecular weight is 325 g/mol. The maximum absolute atomic E-state index is 12.3. The Bertz CT molecular complexity index is 391. The maximum atomic E-state index is 12.3. The molecule has 1 heterocycles. The molecule has 0 aromatic rings. The number of piperidine rings is 1. The lowest BCUT2D eigenvalue weighted by Gasteiger charge is -2.39. The van der Waals surface area contributed by atoms with Gasteiger partial charge in [-0.05, 0) is 65.7 Å². The third-order valence-electron chi connectivity index (χ3n) is 5.23. The molecule has 134 valence electrons. The minimum absolute atomic E-state index is 0.160. The van der Waals surface area contributed by atoms with Crippen LogP contribution in [0.1, 0.15) is 79.6 Å². The summed E-state index contributed by atoms with van der Waals surface area (Å²) in [4.78, 5) is 14.2. The predicted molar refractivity (Wildman–Crippen MR) is 94.6 cm³/mol. The molecule has 23 heavy (non-hydrogen) atoms. The van der Waals surface area contributed by atoms with Gasteiger partial charge in [0.2, 0.25) is 0 Å². The van der Waals surface area contributed by atoms with Crippen molar-refractivity contribution in [1.82, 2.24) is 10.2 Å². The number of amides is 1. The SMILES string of the molecule is CC1CCCC(NC2CCN(C(=O)OC(C)(C)C)C(C)C2)CC1. The Kier molecular flexibility index (Phi) is 6.35. The summed E-state index contributed by atoms with van der Waals surface area (Å²) in [6.07, 6.45) is 8.61. The van der Waals surface area contributed by atoms with Gasteiger partial charge in [0, 0.05) is 24.7 Å². The number of carbonyl (C=O) groups excluding carboxylic acids is 1. The topological polar surface area (TPSA) is 41.6 Å². The van der Waals surface area contributed by atoms with Gasteiger partial charge in [-0.15, -0.1) is 0 Å². The molecule has 2 rings (SSSR count). The van der Waals surface area contributed by atoms with Crippen LogP contribution in [-0.4, -0.2) is 41.3 Å². The number of hydrogen-bond donors (Lipinski definition) is 1. The van der Waals surface area contributed by atoms with E-state index in [1.165, 1.54) is 32.1 Å². The van der Waals surface area contributed by atoms with E-state index in [0.717, 1.165) is 25.3 Å². The number of likely N-dealkylation sites (tertiary alicyclic amines) is 1. The summed E-state index contributed by atoms with van der Waals surface area (Å²) in [6, 6.07) is 1.47. The second-order valence-electron chi connectivity index (χ2n) is 8.72. The highest BCUT2D eigenvalue weighted by Gasteiger charge is 2.32. The van der Waals surface area contributed by atoms with Gasteiger partial charge in [0.15, 0.2) is 0 Å². The molecule has 0 aromatic heterocycles. The number of carbonyl (C=O) groups is 1. The first-order valence-electron chi connectivity index (χ1n) is 9.50. The molecule has 0 bridgehead atoms. The summed E-state index contributed by atoms with van der Waals surface area (Å²) in [5, 5.41) is 3.88. The van der Waals surface area contributed by atoms with Gasteiger partial charge in [-0.1, -0.05) is 19.8 Å². The molecule has 1 saturated carbocycles. The Balaban J connectivity index is 1.80. The van der Waals surface area contributed by atoms with Gasteiger partial charge < -0.3 is 15.0 Å². The highest BCUT2D eigenvalue weighted by atomic mass is 16.6. The summed E-state index contributed by atoms with van der Waals surface area (Å²) in [6.45, 7) is 11.1.